The summed E-state index contributed by atoms with van der Waals surface area (Å²) in [5.74, 6) is -1.46. The maximum atomic E-state index is 12.1. The molecule has 0 unspecified atom stereocenters. The zero-order valence-corrected chi connectivity index (χ0v) is 16.0. The van der Waals surface area contributed by atoms with Crippen molar-refractivity contribution in [1.29, 1.82) is 0 Å². The molecule has 2 fully saturated rings. The zero-order valence-electron chi connectivity index (χ0n) is 16.0. The van der Waals surface area contributed by atoms with Crippen molar-refractivity contribution in [2.75, 3.05) is 18.0 Å². The van der Waals surface area contributed by atoms with Crippen molar-refractivity contribution in [2.45, 2.75) is 45.6 Å². The Balaban J connectivity index is 0.000000878. The van der Waals surface area contributed by atoms with Crippen molar-refractivity contribution in [1.82, 2.24) is 4.98 Å². The molecule has 0 spiro atoms. The van der Waals surface area contributed by atoms with Gasteiger partial charge in [0.05, 0.1) is 6.10 Å². The van der Waals surface area contributed by atoms with Gasteiger partial charge in [0.25, 0.3) is 6.47 Å². The number of pyridine rings is 1. The molecule has 2 atom stereocenters. The number of piperidine rings is 1. The van der Waals surface area contributed by atoms with Crippen molar-refractivity contribution >= 4 is 24.2 Å². The van der Waals surface area contributed by atoms with Gasteiger partial charge in [-0.3, -0.25) is 9.59 Å². The number of nitrogens with zero attached hydrogens (tertiary/aromatic N) is 2. The number of carboxylic acid groups (broad SMARTS) is 3. The maximum absolute atomic E-state index is 12.1. The number of aliphatic hydroxyl groups is 1. The summed E-state index contributed by atoms with van der Waals surface area (Å²) in [6, 6.07) is 1.71. The SMILES string of the molecule is Cc1cc(C)c(C(=O)O)c(N2CC[C@H](O)[C@@](CC3CC3)(C(=O)O)C2)n1.O=CO. The van der Waals surface area contributed by atoms with Crippen LogP contribution in [0.15, 0.2) is 6.07 Å². The number of aryl methyl sites for hydroxylation is 2. The Kier molecular flexibility index (Phi) is 6.60. The van der Waals surface area contributed by atoms with Crippen LogP contribution in [-0.4, -0.2) is 63.0 Å². The largest absolute Gasteiger partial charge is 0.483 e. The average molecular weight is 394 g/mol. The van der Waals surface area contributed by atoms with E-state index in [9.17, 15) is 24.9 Å². The van der Waals surface area contributed by atoms with Gasteiger partial charge in [0.15, 0.2) is 0 Å². The molecule has 0 bridgehead atoms. The molecule has 1 aliphatic carbocycles. The number of anilines is 1. The average Bonchev–Trinajstić information content (AvgIpc) is 3.40. The fourth-order valence-corrected chi connectivity index (χ4v) is 3.91. The van der Waals surface area contributed by atoms with E-state index in [2.05, 4.69) is 4.98 Å². The molecule has 1 aromatic rings. The number of carboxylic acids is 2. The van der Waals surface area contributed by atoms with Gasteiger partial charge in [-0.05, 0) is 44.2 Å². The minimum atomic E-state index is -1.27. The lowest BCUT2D eigenvalue weighted by atomic mass is 9.73. The Morgan fingerprint density at radius 3 is 2.39 bits per heavy atom. The molecule has 9 heteroatoms. The summed E-state index contributed by atoms with van der Waals surface area (Å²) in [5.41, 5.74) is 0.123. The first-order valence-electron chi connectivity index (χ1n) is 9.12. The number of carbonyl (C=O) groups is 3. The number of aliphatic carboxylic acids is 1. The molecule has 3 rings (SSSR count). The van der Waals surface area contributed by atoms with Gasteiger partial charge in [0.1, 0.15) is 16.8 Å². The third kappa shape index (κ3) is 4.41. The van der Waals surface area contributed by atoms with E-state index in [-0.39, 0.29) is 25.0 Å². The molecule has 0 radical (unpaired) electrons. The van der Waals surface area contributed by atoms with Gasteiger partial charge in [-0.25, -0.2) is 9.78 Å². The van der Waals surface area contributed by atoms with Crippen LogP contribution in [0.1, 0.15) is 47.3 Å². The monoisotopic (exact) mass is 394 g/mol. The van der Waals surface area contributed by atoms with Gasteiger partial charge >= 0.3 is 11.9 Å². The molecular formula is C19H26N2O7. The maximum Gasteiger partial charge on any atom is 0.339 e. The molecule has 154 valence electrons. The van der Waals surface area contributed by atoms with Crippen LogP contribution in [0.2, 0.25) is 0 Å². The minimum Gasteiger partial charge on any atom is -0.483 e. The molecule has 0 aromatic carbocycles. The number of hydrogen-bond acceptors (Lipinski definition) is 6. The van der Waals surface area contributed by atoms with Gasteiger partial charge in [-0.2, -0.15) is 0 Å². The van der Waals surface area contributed by atoms with Crippen molar-refractivity contribution < 1.29 is 34.8 Å². The second-order valence-corrected chi connectivity index (χ2v) is 7.52. The number of aromatic carboxylic acids is 1. The first kappa shape index (κ1) is 21.6. The van der Waals surface area contributed by atoms with Gasteiger partial charge in [0, 0.05) is 18.8 Å². The lowest BCUT2D eigenvalue weighted by molar-refractivity contribution is -0.158. The van der Waals surface area contributed by atoms with Gasteiger partial charge in [-0.15, -0.1) is 0 Å². The second-order valence-electron chi connectivity index (χ2n) is 7.52. The molecule has 2 aliphatic rings. The first-order valence-corrected chi connectivity index (χ1v) is 9.12. The number of aromatic nitrogens is 1. The Bertz CT molecular complexity index is 763. The molecule has 2 heterocycles. The van der Waals surface area contributed by atoms with Crippen LogP contribution in [0.3, 0.4) is 0 Å². The molecule has 1 saturated carbocycles. The molecule has 9 nitrogen and oxygen atoms in total. The molecule has 4 N–H and O–H groups in total. The highest BCUT2D eigenvalue weighted by Crippen LogP contribution is 2.46. The van der Waals surface area contributed by atoms with E-state index in [0.29, 0.717) is 36.0 Å². The summed E-state index contributed by atoms with van der Waals surface area (Å²) >= 11 is 0. The summed E-state index contributed by atoms with van der Waals surface area (Å²) in [7, 11) is 0. The number of aliphatic hydroxyl groups excluding tert-OH is 1. The van der Waals surface area contributed by atoms with Crippen LogP contribution in [0, 0.1) is 25.2 Å². The van der Waals surface area contributed by atoms with Crippen molar-refractivity contribution in [3.05, 3.63) is 22.9 Å². The number of hydrogen-bond donors (Lipinski definition) is 4. The van der Waals surface area contributed by atoms with Crippen LogP contribution in [-0.2, 0) is 9.59 Å². The molecular weight excluding hydrogens is 368 g/mol. The van der Waals surface area contributed by atoms with Crippen LogP contribution >= 0.6 is 0 Å². The molecule has 1 aromatic heterocycles. The standard InChI is InChI=1S/C18H24N2O5.CH2O2/c1-10-7-11(2)19-15(14(10)16(22)23)20-6-5-13(21)18(9-20,17(24)25)8-12-3-4-12;2-1-3/h7,12-13,21H,3-6,8-9H2,1-2H3,(H,22,23)(H,24,25);1H,(H,2,3)/t13-,18-;/m0./s1. The van der Waals surface area contributed by atoms with Gasteiger partial charge < -0.3 is 25.3 Å². The van der Waals surface area contributed by atoms with E-state index in [1.54, 1.807) is 24.8 Å². The molecule has 0 amide bonds. The van der Waals surface area contributed by atoms with Crippen molar-refractivity contribution in [3.63, 3.8) is 0 Å². The summed E-state index contributed by atoms with van der Waals surface area (Å²) < 4.78 is 0. The summed E-state index contributed by atoms with van der Waals surface area (Å²) in [6.07, 6.45) is 1.76. The predicted octanol–water partition coefficient (Wildman–Crippen LogP) is 1.54. The van der Waals surface area contributed by atoms with E-state index >= 15 is 0 Å². The Morgan fingerprint density at radius 2 is 1.89 bits per heavy atom. The molecule has 28 heavy (non-hydrogen) atoms. The van der Waals surface area contributed by atoms with Crippen molar-refractivity contribution in [3.8, 4) is 0 Å². The van der Waals surface area contributed by atoms with E-state index in [4.69, 9.17) is 9.90 Å². The summed E-state index contributed by atoms with van der Waals surface area (Å²) in [6.45, 7) is 3.72. The fourth-order valence-electron chi connectivity index (χ4n) is 3.91. The van der Waals surface area contributed by atoms with Gasteiger partial charge in [0.2, 0.25) is 0 Å². The fraction of sp³-hybridized carbons (Fsp3) is 0.579. The van der Waals surface area contributed by atoms with E-state index in [1.165, 1.54) is 0 Å². The van der Waals surface area contributed by atoms with Crippen LogP contribution in [0.5, 0.6) is 0 Å². The molecule has 1 saturated heterocycles. The second kappa shape index (κ2) is 8.55. The summed E-state index contributed by atoms with van der Waals surface area (Å²) in [4.78, 5) is 38.3. The topological polar surface area (TPSA) is 148 Å². The van der Waals surface area contributed by atoms with E-state index in [0.717, 1.165) is 12.8 Å². The summed E-state index contributed by atoms with van der Waals surface area (Å²) in [5, 5.41) is 36.8. The third-order valence-electron chi connectivity index (χ3n) is 5.40. The van der Waals surface area contributed by atoms with Crippen LogP contribution in [0.25, 0.3) is 0 Å². The quantitative estimate of drug-likeness (QED) is 0.546. The van der Waals surface area contributed by atoms with E-state index < -0.39 is 23.5 Å². The first-order chi connectivity index (χ1) is 13.2. The van der Waals surface area contributed by atoms with Crippen molar-refractivity contribution in [2.24, 2.45) is 11.3 Å². The highest BCUT2D eigenvalue weighted by Gasteiger charge is 2.52. The normalized spacial score (nSPS) is 24.1. The number of rotatable bonds is 5. The smallest absolute Gasteiger partial charge is 0.339 e. The van der Waals surface area contributed by atoms with E-state index in [1.807, 2.05) is 0 Å². The Hall–Kier alpha value is -2.68. The highest BCUT2D eigenvalue weighted by atomic mass is 16.4. The van der Waals surface area contributed by atoms with Gasteiger partial charge in [-0.1, -0.05) is 12.8 Å². The van der Waals surface area contributed by atoms with Crippen LogP contribution < -0.4 is 4.90 Å². The van der Waals surface area contributed by atoms with Crippen LogP contribution in [0.4, 0.5) is 5.82 Å². The Morgan fingerprint density at radius 1 is 1.29 bits per heavy atom. The predicted molar refractivity (Wildman–Crippen MR) is 99.6 cm³/mol. The Labute approximate surface area is 162 Å². The lowest BCUT2D eigenvalue weighted by Crippen LogP contribution is -2.56. The highest BCUT2D eigenvalue weighted by molar-refractivity contribution is 5.95. The minimum absolute atomic E-state index is 0.0795. The third-order valence-corrected chi connectivity index (χ3v) is 5.40. The zero-order chi connectivity index (χ0) is 21.1. The molecule has 1 aliphatic heterocycles. The lowest BCUT2D eigenvalue weighted by Gasteiger charge is -2.44.